The third kappa shape index (κ3) is 4.20. The Morgan fingerprint density at radius 3 is 2.71 bits per heavy atom. The van der Waals surface area contributed by atoms with Crippen LogP contribution in [0, 0.1) is 0 Å². The van der Waals surface area contributed by atoms with Gasteiger partial charge in [0.2, 0.25) is 0 Å². The van der Waals surface area contributed by atoms with E-state index in [1.54, 1.807) is 19.2 Å². The van der Waals surface area contributed by atoms with Gasteiger partial charge in [0.15, 0.2) is 0 Å². The van der Waals surface area contributed by atoms with Crippen molar-refractivity contribution >= 4 is 17.3 Å². The van der Waals surface area contributed by atoms with Crippen molar-refractivity contribution in [3.05, 3.63) is 29.3 Å². The highest BCUT2D eigenvalue weighted by atomic mass is 35.5. The van der Waals surface area contributed by atoms with Crippen LogP contribution in [-0.4, -0.2) is 20.3 Å². The van der Waals surface area contributed by atoms with Crippen molar-refractivity contribution in [2.45, 2.75) is 0 Å². The lowest BCUT2D eigenvalue weighted by molar-refractivity contribution is 0.206. The van der Waals surface area contributed by atoms with Crippen LogP contribution in [0.1, 0.15) is 0 Å². The number of ether oxygens (including phenoxy) is 1. The van der Waals surface area contributed by atoms with Gasteiger partial charge in [-0.2, -0.15) is 5.11 Å². The molecule has 14 heavy (non-hydrogen) atoms. The highest BCUT2D eigenvalue weighted by Gasteiger charge is 1.88. The van der Waals surface area contributed by atoms with Gasteiger partial charge in [-0.25, -0.2) is 0 Å². The van der Waals surface area contributed by atoms with Gasteiger partial charge in [-0.15, -0.1) is 0 Å². The summed E-state index contributed by atoms with van der Waals surface area (Å²) in [6, 6.07) is 7.23. The highest BCUT2D eigenvalue weighted by Crippen LogP contribution is 2.12. The molecule has 0 amide bonds. The maximum atomic E-state index is 5.72. The number of anilines is 1. The standard InChI is InChI=1S/C9H12ClN3O/c1-14-7-6-11-13-12-9-4-2-8(10)3-5-9/h2-5H,6-7H2,1H3,(H,11,12). The van der Waals surface area contributed by atoms with E-state index in [2.05, 4.69) is 15.8 Å². The second-order valence-corrected chi connectivity index (χ2v) is 3.01. The van der Waals surface area contributed by atoms with Crippen LogP contribution in [0.5, 0.6) is 0 Å². The van der Waals surface area contributed by atoms with E-state index in [0.717, 1.165) is 5.69 Å². The van der Waals surface area contributed by atoms with E-state index in [1.807, 2.05) is 12.1 Å². The van der Waals surface area contributed by atoms with Crippen molar-refractivity contribution in [3.8, 4) is 0 Å². The number of methoxy groups -OCH3 is 1. The summed E-state index contributed by atoms with van der Waals surface area (Å²) < 4.78 is 4.81. The summed E-state index contributed by atoms with van der Waals surface area (Å²) in [5.74, 6) is 0. The molecule has 4 nitrogen and oxygen atoms in total. The molecule has 0 aliphatic heterocycles. The predicted molar refractivity (Wildman–Crippen MR) is 56.7 cm³/mol. The lowest BCUT2D eigenvalue weighted by Gasteiger charge is -1.98. The fraction of sp³-hybridized carbons (Fsp3) is 0.333. The molecule has 1 N–H and O–H groups in total. The first-order valence-electron chi connectivity index (χ1n) is 4.20. The Labute approximate surface area is 87.9 Å². The average molecular weight is 214 g/mol. The lowest BCUT2D eigenvalue weighted by Crippen LogP contribution is -1.93. The van der Waals surface area contributed by atoms with Crippen molar-refractivity contribution in [2.75, 3.05) is 25.7 Å². The van der Waals surface area contributed by atoms with Crippen molar-refractivity contribution in [1.29, 1.82) is 0 Å². The first-order valence-corrected chi connectivity index (χ1v) is 4.58. The normalized spacial score (nSPS) is 10.7. The van der Waals surface area contributed by atoms with E-state index in [0.29, 0.717) is 18.2 Å². The Hall–Kier alpha value is -1.13. The topological polar surface area (TPSA) is 46.0 Å². The minimum Gasteiger partial charge on any atom is -0.383 e. The van der Waals surface area contributed by atoms with Gasteiger partial charge >= 0.3 is 0 Å². The number of nitrogens with zero attached hydrogens (tertiary/aromatic N) is 2. The molecule has 0 spiro atoms. The Kier molecular flexibility index (Phi) is 4.96. The van der Waals surface area contributed by atoms with Crippen LogP contribution < -0.4 is 5.43 Å². The number of nitrogens with one attached hydrogen (secondary N) is 1. The number of rotatable bonds is 5. The molecule has 0 aliphatic rings. The summed E-state index contributed by atoms with van der Waals surface area (Å²) in [4.78, 5) is 0. The third-order valence-corrected chi connectivity index (χ3v) is 1.74. The molecule has 76 valence electrons. The van der Waals surface area contributed by atoms with E-state index < -0.39 is 0 Å². The van der Waals surface area contributed by atoms with Crippen LogP contribution in [0.3, 0.4) is 0 Å². The van der Waals surface area contributed by atoms with Crippen LogP contribution in [0.15, 0.2) is 34.6 Å². The Morgan fingerprint density at radius 1 is 1.36 bits per heavy atom. The van der Waals surface area contributed by atoms with Crippen molar-refractivity contribution in [1.82, 2.24) is 0 Å². The Balaban J connectivity index is 2.30. The SMILES string of the molecule is COCCN=NNc1ccc(Cl)cc1. The number of halogens is 1. The molecule has 0 fully saturated rings. The molecule has 0 saturated carbocycles. The maximum absolute atomic E-state index is 5.72. The average Bonchev–Trinajstić information content (AvgIpc) is 2.21. The van der Waals surface area contributed by atoms with Crippen LogP contribution in [0.2, 0.25) is 5.02 Å². The minimum absolute atomic E-state index is 0.553. The van der Waals surface area contributed by atoms with Gasteiger partial charge in [0.25, 0.3) is 0 Å². The molecule has 0 saturated heterocycles. The molecule has 0 unspecified atom stereocenters. The molecule has 0 aromatic heterocycles. The molecule has 1 aromatic carbocycles. The zero-order chi connectivity index (χ0) is 10.2. The summed E-state index contributed by atoms with van der Waals surface area (Å²) in [6.07, 6.45) is 0. The van der Waals surface area contributed by atoms with E-state index in [-0.39, 0.29) is 0 Å². The molecular formula is C9H12ClN3O. The van der Waals surface area contributed by atoms with Crippen molar-refractivity contribution in [3.63, 3.8) is 0 Å². The minimum atomic E-state index is 0.553. The molecular weight excluding hydrogens is 202 g/mol. The summed E-state index contributed by atoms with van der Waals surface area (Å²) in [5.41, 5.74) is 3.63. The second-order valence-electron chi connectivity index (χ2n) is 2.58. The molecule has 0 radical (unpaired) electrons. The second kappa shape index (κ2) is 6.34. The first kappa shape index (κ1) is 10.9. The van der Waals surface area contributed by atoms with Gasteiger partial charge < -0.3 is 4.74 Å². The first-order chi connectivity index (χ1) is 6.83. The zero-order valence-corrected chi connectivity index (χ0v) is 8.66. The Morgan fingerprint density at radius 2 is 2.07 bits per heavy atom. The molecule has 0 aliphatic carbocycles. The Bertz CT molecular complexity index is 287. The van der Waals surface area contributed by atoms with Gasteiger partial charge in [0.1, 0.15) is 0 Å². The van der Waals surface area contributed by atoms with Gasteiger partial charge in [0, 0.05) is 12.1 Å². The zero-order valence-electron chi connectivity index (χ0n) is 7.90. The van der Waals surface area contributed by atoms with Crippen LogP contribution >= 0.6 is 11.6 Å². The van der Waals surface area contributed by atoms with E-state index in [1.165, 1.54) is 0 Å². The van der Waals surface area contributed by atoms with Gasteiger partial charge in [-0.1, -0.05) is 16.8 Å². The van der Waals surface area contributed by atoms with Crippen LogP contribution in [0.25, 0.3) is 0 Å². The summed E-state index contributed by atoms with van der Waals surface area (Å²) >= 11 is 5.72. The van der Waals surface area contributed by atoms with Gasteiger partial charge in [-0.3, -0.25) is 5.43 Å². The van der Waals surface area contributed by atoms with Crippen molar-refractivity contribution < 1.29 is 4.74 Å². The van der Waals surface area contributed by atoms with E-state index in [9.17, 15) is 0 Å². The van der Waals surface area contributed by atoms with E-state index >= 15 is 0 Å². The lowest BCUT2D eigenvalue weighted by atomic mass is 10.3. The summed E-state index contributed by atoms with van der Waals surface area (Å²) in [6.45, 7) is 1.13. The molecule has 1 rings (SSSR count). The third-order valence-electron chi connectivity index (χ3n) is 1.49. The predicted octanol–water partition coefficient (Wildman–Crippen LogP) is 2.77. The number of hydrogen-bond donors (Lipinski definition) is 1. The van der Waals surface area contributed by atoms with Crippen molar-refractivity contribution in [2.24, 2.45) is 10.3 Å². The quantitative estimate of drug-likeness (QED) is 0.465. The van der Waals surface area contributed by atoms with Gasteiger partial charge in [0.05, 0.1) is 18.8 Å². The van der Waals surface area contributed by atoms with E-state index in [4.69, 9.17) is 16.3 Å². The largest absolute Gasteiger partial charge is 0.383 e. The summed E-state index contributed by atoms with van der Waals surface area (Å²) in [5, 5.41) is 8.30. The number of benzene rings is 1. The molecule has 0 atom stereocenters. The highest BCUT2D eigenvalue weighted by molar-refractivity contribution is 6.30. The summed E-state index contributed by atoms with van der Waals surface area (Å²) in [7, 11) is 1.63. The van der Waals surface area contributed by atoms with Gasteiger partial charge in [-0.05, 0) is 24.3 Å². The fourth-order valence-electron chi connectivity index (χ4n) is 0.800. The smallest absolute Gasteiger partial charge is 0.0854 e. The number of hydrogen-bond acceptors (Lipinski definition) is 3. The fourth-order valence-corrected chi connectivity index (χ4v) is 0.926. The molecule has 0 heterocycles. The monoisotopic (exact) mass is 213 g/mol. The maximum Gasteiger partial charge on any atom is 0.0854 e. The molecule has 0 bridgehead atoms. The molecule has 1 aromatic rings. The van der Waals surface area contributed by atoms with Crippen LogP contribution in [0.4, 0.5) is 5.69 Å². The molecule has 5 heteroatoms. The van der Waals surface area contributed by atoms with Crippen LogP contribution in [-0.2, 0) is 4.74 Å².